The lowest BCUT2D eigenvalue weighted by Gasteiger charge is -2.09. The summed E-state index contributed by atoms with van der Waals surface area (Å²) in [4.78, 5) is 11.1. The number of Topliss-reactive ketones (excluding diaryl/α,β-unsaturated/α-hetero) is 1. The molecule has 0 fully saturated rings. The monoisotopic (exact) mass is 198 g/mol. The molecule has 1 aromatic carbocycles. The Morgan fingerprint density at radius 1 is 1.46 bits per heavy atom. The van der Waals surface area contributed by atoms with Crippen molar-refractivity contribution in [3.05, 3.63) is 27.8 Å². The molecule has 0 unspecified atom stereocenters. The second-order valence-corrected chi connectivity index (χ2v) is 3.49. The Hall–Kier alpha value is -1.02. The van der Waals surface area contributed by atoms with Gasteiger partial charge in [-0.05, 0) is 32.4 Å². The Morgan fingerprint density at radius 3 is 2.46 bits per heavy atom. The number of aryl methyl sites for hydroxylation is 1. The third kappa shape index (κ3) is 1.68. The van der Waals surface area contributed by atoms with E-state index in [0.717, 1.165) is 0 Å². The third-order valence-corrected chi connectivity index (χ3v) is 2.43. The molecule has 0 saturated carbocycles. The van der Waals surface area contributed by atoms with Gasteiger partial charge >= 0.3 is 0 Å². The second kappa shape index (κ2) is 3.38. The number of aromatic hydroxyl groups is 1. The van der Waals surface area contributed by atoms with E-state index in [1.165, 1.54) is 6.92 Å². The summed E-state index contributed by atoms with van der Waals surface area (Å²) in [5.74, 6) is -0.146. The van der Waals surface area contributed by atoms with Crippen molar-refractivity contribution < 1.29 is 9.90 Å². The normalized spacial score (nSPS) is 10.2. The molecule has 0 aromatic heterocycles. The van der Waals surface area contributed by atoms with Gasteiger partial charge in [0.15, 0.2) is 5.78 Å². The van der Waals surface area contributed by atoms with E-state index in [1.54, 1.807) is 19.9 Å². The number of hydrogen-bond donors (Lipinski definition) is 1. The molecular weight excluding hydrogens is 188 g/mol. The Bertz CT molecular complexity index is 370. The number of hydrogen-bond acceptors (Lipinski definition) is 2. The van der Waals surface area contributed by atoms with Gasteiger partial charge in [-0.2, -0.15) is 0 Å². The van der Waals surface area contributed by atoms with Crippen molar-refractivity contribution >= 4 is 17.4 Å². The van der Waals surface area contributed by atoms with Crippen LogP contribution in [0.15, 0.2) is 6.07 Å². The van der Waals surface area contributed by atoms with Crippen LogP contribution < -0.4 is 0 Å². The summed E-state index contributed by atoms with van der Waals surface area (Å²) in [6.07, 6.45) is 0. The Morgan fingerprint density at radius 2 is 2.00 bits per heavy atom. The zero-order chi connectivity index (χ0) is 10.2. The fourth-order valence-corrected chi connectivity index (χ4v) is 1.56. The minimum atomic E-state index is -0.144. The van der Waals surface area contributed by atoms with Gasteiger partial charge in [-0.3, -0.25) is 4.79 Å². The molecule has 0 atom stereocenters. The maximum absolute atomic E-state index is 11.1. The largest absolute Gasteiger partial charge is 0.507 e. The Kier molecular flexibility index (Phi) is 2.62. The number of carbonyl (C=O) groups excluding carboxylic acids is 1. The average Bonchev–Trinajstić information content (AvgIpc) is 1.99. The van der Waals surface area contributed by atoms with Crippen molar-refractivity contribution in [3.63, 3.8) is 0 Å². The highest BCUT2D eigenvalue weighted by molar-refractivity contribution is 6.31. The molecule has 0 spiro atoms. The molecule has 1 N–H and O–H groups in total. The summed E-state index contributed by atoms with van der Waals surface area (Å²) in [6, 6.07) is 1.69. The van der Waals surface area contributed by atoms with Crippen molar-refractivity contribution in [2.45, 2.75) is 20.8 Å². The predicted molar refractivity (Wildman–Crippen MR) is 52.6 cm³/mol. The van der Waals surface area contributed by atoms with Crippen LogP contribution in [0.3, 0.4) is 0 Å². The highest BCUT2D eigenvalue weighted by atomic mass is 35.5. The van der Waals surface area contributed by atoms with E-state index in [-0.39, 0.29) is 11.5 Å². The second-order valence-electron chi connectivity index (χ2n) is 3.08. The molecule has 0 heterocycles. The van der Waals surface area contributed by atoms with Gasteiger partial charge in [-0.15, -0.1) is 0 Å². The smallest absolute Gasteiger partial charge is 0.163 e. The molecule has 0 aliphatic carbocycles. The topological polar surface area (TPSA) is 37.3 Å². The highest BCUT2D eigenvalue weighted by Gasteiger charge is 2.14. The van der Waals surface area contributed by atoms with Gasteiger partial charge in [0, 0.05) is 10.6 Å². The summed E-state index contributed by atoms with van der Waals surface area (Å²) in [5.41, 5.74) is 1.62. The highest BCUT2D eigenvalue weighted by Crippen LogP contribution is 2.31. The number of ketones is 1. The SMILES string of the molecule is CC(=O)c1c(C)cc(Cl)c(C)c1O. The lowest BCUT2D eigenvalue weighted by atomic mass is 10.0. The van der Waals surface area contributed by atoms with E-state index < -0.39 is 0 Å². The number of phenolic OH excluding ortho intramolecular Hbond substituents is 1. The lowest BCUT2D eigenvalue weighted by molar-refractivity contribution is 0.101. The van der Waals surface area contributed by atoms with Crippen molar-refractivity contribution in [3.8, 4) is 5.75 Å². The van der Waals surface area contributed by atoms with Gasteiger partial charge in [0.2, 0.25) is 0 Å². The summed E-state index contributed by atoms with van der Waals surface area (Å²) >= 11 is 5.82. The number of benzene rings is 1. The number of phenols is 1. The van der Waals surface area contributed by atoms with Gasteiger partial charge in [0.25, 0.3) is 0 Å². The fraction of sp³-hybridized carbons (Fsp3) is 0.300. The first-order chi connectivity index (χ1) is 5.95. The van der Waals surface area contributed by atoms with Crippen molar-refractivity contribution in [2.24, 2.45) is 0 Å². The Balaban J connectivity index is 3.53. The summed E-state index contributed by atoms with van der Waals surface area (Å²) in [6.45, 7) is 4.86. The van der Waals surface area contributed by atoms with Crippen LogP contribution in [-0.4, -0.2) is 10.9 Å². The molecule has 13 heavy (non-hydrogen) atoms. The average molecular weight is 199 g/mol. The van der Waals surface area contributed by atoms with Crippen molar-refractivity contribution in [1.82, 2.24) is 0 Å². The number of carbonyl (C=O) groups is 1. The predicted octanol–water partition coefficient (Wildman–Crippen LogP) is 2.87. The van der Waals surface area contributed by atoms with E-state index in [4.69, 9.17) is 11.6 Å². The van der Waals surface area contributed by atoms with Crippen LogP contribution in [-0.2, 0) is 0 Å². The maximum Gasteiger partial charge on any atom is 0.163 e. The molecule has 0 saturated heterocycles. The van der Waals surface area contributed by atoms with Gasteiger partial charge < -0.3 is 5.11 Å². The van der Waals surface area contributed by atoms with Gasteiger partial charge in [-0.25, -0.2) is 0 Å². The molecule has 0 amide bonds. The molecule has 0 bridgehead atoms. The fourth-order valence-electron chi connectivity index (χ4n) is 1.30. The molecule has 0 aliphatic rings. The van der Waals surface area contributed by atoms with Crippen LogP contribution in [0.5, 0.6) is 5.75 Å². The quantitative estimate of drug-likeness (QED) is 0.705. The molecule has 1 rings (SSSR count). The standard InChI is InChI=1S/C10H11ClO2/c1-5-4-8(11)6(2)10(13)9(5)7(3)12/h4,13H,1-3H3. The molecule has 1 aromatic rings. The van der Waals surface area contributed by atoms with Crippen LogP contribution in [0.4, 0.5) is 0 Å². The molecular formula is C10H11ClO2. The van der Waals surface area contributed by atoms with E-state index in [1.807, 2.05) is 0 Å². The summed E-state index contributed by atoms with van der Waals surface area (Å²) < 4.78 is 0. The summed E-state index contributed by atoms with van der Waals surface area (Å²) in [7, 11) is 0. The first-order valence-electron chi connectivity index (χ1n) is 3.94. The zero-order valence-electron chi connectivity index (χ0n) is 7.81. The minimum Gasteiger partial charge on any atom is -0.507 e. The summed E-state index contributed by atoms with van der Waals surface area (Å²) in [5, 5.41) is 10.1. The van der Waals surface area contributed by atoms with Crippen LogP contribution in [0.25, 0.3) is 0 Å². The van der Waals surface area contributed by atoms with Gasteiger partial charge in [0.05, 0.1) is 5.56 Å². The first-order valence-corrected chi connectivity index (χ1v) is 4.32. The zero-order valence-corrected chi connectivity index (χ0v) is 8.57. The molecule has 0 radical (unpaired) electrons. The van der Waals surface area contributed by atoms with E-state index >= 15 is 0 Å². The molecule has 3 heteroatoms. The minimum absolute atomic E-state index is 0.00231. The van der Waals surface area contributed by atoms with E-state index in [9.17, 15) is 9.90 Å². The van der Waals surface area contributed by atoms with Crippen LogP contribution in [0.2, 0.25) is 5.02 Å². The van der Waals surface area contributed by atoms with Gasteiger partial charge in [-0.1, -0.05) is 11.6 Å². The first kappa shape index (κ1) is 10.1. The molecule has 70 valence electrons. The molecule has 0 aliphatic heterocycles. The number of rotatable bonds is 1. The van der Waals surface area contributed by atoms with Crippen LogP contribution >= 0.6 is 11.6 Å². The van der Waals surface area contributed by atoms with Crippen LogP contribution in [0, 0.1) is 13.8 Å². The van der Waals surface area contributed by atoms with Crippen molar-refractivity contribution in [2.75, 3.05) is 0 Å². The van der Waals surface area contributed by atoms with E-state index in [0.29, 0.717) is 21.7 Å². The molecule has 2 nitrogen and oxygen atoms in total. The number of halogens is 1. The maximum atomic E-state index is 11.1. The van der Waals surface area contributed by atoms with Crippen LogP contribution in [0.1, 0.15) is 28.4 Å². The third-order valence-electron chi connectivity index (χ3n) is 2.04. The van der Waals surface area contributed by atoms with E-state index in [2.05, 4.69) is 0 Å². The lowest BCUT2D eigenvalue weighted by Crippen LogP contribution is -1.98. The van der Waals surface area contributed by atoms with Gasteiger partial charge in [0.1, 0.15) is 5.75 Å². The Labute approximate surface area is 82.2 Å². The van der Waals surface area contributed by atoms with Crippen molar-refractivity contribution in [1.29, 1.82) is 0 Å².